The number of nitrogens with one attached hydrogen (secondary N) is 1. The molecule has 0 radical (unpaired) electrons. The van der Waals surface area contributed by atoms with Crippen molar-refractivity contribution >= 4 is 35.4 Å². The standard InChI is InChI=1S/C28H26ClN3O6S/c1-4-37-24-11-18(7-10-23(24)38-16-17-5-8-20(29)9-6-17)12-25(27(33)34)39-28-30-26(31-32-28)19-13-21(35-2)15-22(14-19)36-3/h5-15H,4,16H2,1-3H3,(H,33,34)(H,30,31,32)/b25-12-. The number of carboxylic acids is 1. The molecular weight excluding hydrogens is 542 g/mol. The van der Waals surface area contributed by atoms with Crippen molar-refractivity contribution in [3.63, 3.8) is 0 Å². The summed E-state index contributed by atoms with van der Waals surface area (Å²) in [4.78, 5) is 16.5. The molecule has 3 aromatic carbocycles. The summed E-state index contributed by atoms with van der Waals surface area (Å²) in [6.07, 6.45) is 1.53. The van der Waals surface area contributed by atoms with Gasteiger partial charge in [0.1, 0.15) is 23.0 Å². The van der Waals surface area contributed by atoms with Gasteiger partial charge in [-0.25, -0.2) is 9.78 Å². The maximum atomic E-state index is 12.1. The predicted octanol–water partition coefficient (Wildman–Crippen LogP) is 6.34. The zero-order valence-corrected chi connectivity index (χ0v) is 23.0. The number of thioether (sulfide) groups is 1. The van der Waals surface area contributed by atoms with Crippen molar-refractivity contribution in [1.29, 1.82) is 0 Å². The van der Waals surface area contributed by atoms with Crippen LogP contribution in [0.15, 0.2) is 70.7 Å². The van der Waals surface area contributed by atoms with Gasteiger partial charge in [0.25, 0.3) is 0 Å². The molecule has 4 rings (SSSR count). The molecule has 0 atom stereocenters. The summed E-state index contributed by atoms with van der Waals surface area (Å²) in [7, 11) is 3.11. The summed E-state index contributed by atoms with van der Waals surface area (Å²) in [5.41, 5.74) is 2.26. The minimum atomic E-state index is -1.12. The van der Waals surface area contributed by atoms with Crippen LogP contribution in [0.25, 0.3) is 17.5 Å². The summed E-state index contributed by atoms with van der Waals surface area (Å²) in [6.45, 7) is 2.61. The largest absolute Gasteiger partial charge is 0.497 e. The summed E-state index contributed by atoms with van der Waals surface area (Å²) in [6, 6.07) is 17.9. The van der Waals surface area contributed by atoms with E-state index in [1.165, 1.54) is 6.08 Å². The van der Waals surface area contributed by atoms with Crippen molar-refractivity contribution in [2.24, 2.45) is 0 Å². The number of carboxylic acid groups (broad SMARTS) is 1. The second-order valence-electron chi connectivity index (χ2n) is 8.04. The van der Waals surface area contributed by atoms with Gasteiger partial charge in [0, 0.05) is 16.7 Å². The first kappa shape index (κ1) is 27.9. The molecule has 0 aliphatic carbocycles. The number of halogens is 1. The minimum absolute atomic E-state index is 0.0288. The van der Waals surface area contributed by atoms with Crippen LogP contribution in [0.2, 0.25) is 5.02 Å². The van der Waals surface area contributed by atoms with E-state index in [0.29, 0.717) is 58.2 Å². The SMILES string of the molecule is CCOc1cc(/C=C(\Sc2n[nH]c(-c3cc(OC)cc(OC)c3)n2)C(=O)O)ccc1OCc1ccc(Cl)cc1. The highest BCUT2D eigenvalue weighted by Gasteiger charge is 2.16. The third-order valence-corrected chi connectivity index (χ3v) is 6.50. The fraction of sp³-hybridized carbons (Fsp3) is 0.179. The number of rotatable bonds is 12. The molecule has 0 amide bonds. The number of aromatic amines is 1. The summed E-state index contributed by atoms with van der Waals surface area (Å²) in [5, 5.41) is 17.8. The van der Waals surface area contributed by atoms with Crippen LogP contribution in [0.4, 0.5) is 0 Å². The highest BCUT2D eigenvalue weighted by molar-refractivity contribution is 8.04. The Morgan fingerprint density at radius 3 is 2.36 bits per heavy atom. The quantitative estimate of drug-likeness (QED) is 0.149. The van der Waals surface area contributed by atoms with Crippen LogP contribution in [-0.2, 0) is 11.4 Å². The highest BCUT2D eigenvalue weighted by Crippen LogP contribution is 2.33. The number of aliphatic carboxylic acids is 1. The second kappa shape index (κ2) is 13.1. The van der Waals surface area contributed by atoms with E-state index >= 15 is 0 Å². The molecule has 0 aliphatic rings. The zero-order chi connectivity index (χ0) is 27.8. The lowest BCUT2D eigenvalue weighted by Gasteiger charge is -2.13. The van der Waals surface area contributed by atoms with E-state index in [2.05, 4.69) is 15.2 Å². The lowest BCUT2D eigenvalue weighted by molar-refractivity contribution is -0.131. The first-order chi connectivity index (χ1) is 18.9. The van der Waals surface area contributed by atoms with Gasteiger partial charge in [0.2, 0.25) is 5.16 Å². The van der Waals surface area contributed by atoms with E-state index in [9.17, 15) is 9.90 Å². The van der Waals surface area contributed by atoms with Gasteiger partial charge in [-0.15, -0.1) is 5.10 Å². The molecule has 11 heteroatoms. The third-order valence-electron chi connectivity index (χ3n) is 5.37. The molecule has 0 unspecified atom stereocenters. The number of carbonyl (C=O) groups is 1. The van der Waals surface area contributed by atoms with E-state index in [4.69, 9.17) is 30.5 Å². The molecule has 2 N–H and O–H groups in total. The number of H-pyrrole nitrogens is 1. The Morgan fingerprint density at radius 2 is 1.72 bits per heavy atom. The zero-order valence-electron chi connectivity index (χ0n) is 21.4. The van der Waals surface area contributed by atoms with Crippen LogP contribution < -0.4 is 18.9 Å². The van der Waals surface area contributed by atoms with Gasteiger partial charge >= 0.3 is 5.97 Å². The van der Waals surface area contributed by atoms with E-state index in [0.717, 1.165) is 17.3 Å². The van der Waals surface area contributed by atoms with E-state index in [1.807, 2.05) is 19.1 Å². The molecule has 0 spiro atoms. The van der Waals surface area contributed by atoms with E-state index in [1.54, 1.807) is 62.8 Å². The van der Waals surface area contributed by atoms with Crippen molar-refractivity contribution in [2.45, 2.75) is 18.7 Å². The number of ether oxygens (including phenoxy) is 4. The lowest BCUT2D eigenvalue weighted by Crippen LogP contribution is -2.00. The minimum Gasteiger partial charge on any atom is -0.497 e. The number of hydrogen-bond donors (Lipinski definition) is 2. The molecule has 1 aromatic heterocycles. The average Bonchev–Trinajstić information content (AvgIpc) is 3.41. The molecule has 202 valence electrons. The molecule has 9 nitrogen and oxygen atoms in total. The molecular formula is C28H26ClN3O6S. The Kier molecular flexibility index (Phi) is 9.35. The summed E-state index contributed by atoms with van der Waals surface area (Å²) < 4.78 is 22.3. The van der Waals surface area contributed by atoms with Gasteiger partial charge in [-0.2, -0.15) is 0 Å². The first-order valence-electron chi connectivity index (χ1n) is 11.8. The second-order valence-corrected chi connectivity index (χ2v) is 9.48. The van der Waals surface area contributed by atoms with Gasteiger partial charge in [0.05, 0.1) is 20.8 Å². The van der Waals surface area contributed by atoms with Crippen molar-refractivity contribution in [3.8, 4) is 34.4 Å². The van der Waals surface area contributed by atoms with Crippen LogP contribution in [-0.4, -0.2) is 47.1 Å². The summed E-state index contributed by atoms with van der Waals surface area (Å²) in [5.74, 6) is 1.55. The topological polar surface area (TPSA) is 116 Å². The predicted molar refractivity (Wildman–Crippen MR) is 150 cm³/mol. The first-order valence-corrected chi connectivity index (χ1v) is 13.0. The van der Waals surface area contributed by atoms with E-state index < -0.39 is 5.97 Å². The molecule has 0 saturated heterocycles. The van der Waals surface area contributed by atoms with Crippen LogP contribution in [0.1, 0.15) is 18.1 Å². The maximum Gasteiger partial charge on any atom is 0.342 e. The monoisotopic (exact) mass is 567 g/mol. The molecule has 0 aliphatic heterocycles. The number of nitrogens with zero attached hydrogens (tertiary/aromatic N) is 2. The highest BCUT2D eigenvalue weighted by atomic mass is 35.5. The van der Waals surface area contributed by atoms with Gasteiger partial charge < -0.3 is 24.1 Å². The van der Waals surface area contributed by atoms with E-state index in [-0.39, 0.29) is 10.1 Å². The maximum absolute atomic E-state index is 12.1. The van der Waals surface area contributed by atoms with Crippen molar-refractivity contribution in [2.75, 3.05) is 20.8 Å². The van der Waals surface area contributed by atoms with Gasteiger partial charge in [-0.3, -0.25) is 5.10 Å². The van der Waals surface area contributed by atoms with Crippen molar-refractivity contribution < 1.29 is 28.8 Å². The average molecular weight is 568 g/mol. The Bertz CT molecular complexity index is 1450. The van der Waals surface area contributed by atoms with Crippen LogP contribution in [0, 0.1) is 0 Å². The molecule has 0 saturated carbocycles. The van der Waals surface area contributed by atoms with Crippen molar-refractivity contribution in [3.05, 3.63) is 81.7 Å². The molecule has 0 bridgehead atoms. The van der Waals surface area contributed by atoms with Crippen LogP contribution in [0.5, 0.6) is 23.0 Å². The normalized spacial score (nSPS) is 11.2. The molecule has 4 aromatic rings. The van der Waals surface area contributed by atoms with Crippen LogP contribution in [0.3, 0.4) is 0 Å². The summed E-state index contributed by atoms with van der Waals surface area (Å²) >= 11 is 6.87. The lowest BCUT2D eigenvalue weighted by atomic mass is 10.2. The Hall–Kier alpha value is -4.15. The van der Waals surface area contributed by atoms with Crippen molar-refractivity contribution in [1.82, 2.24) is 15.2 Å². The fourth-order valence-corrected chi connectivity index (χ4v) is 4.33. The molecule has 0 fully saturated rings. The Morgan fingerprint density at radius 1 is 1.00 bits per heavy atom. The third kappa shape index (κ3) is 7.46. The number of hydrogen-bond acceptors (Lipinski definition) is 8. The van der Waals surface area contributed by atoms with Gasteiger partial charge in [-0.05, 0) is 72.3 Å². The number of benzene rings is 3. The Balaban J connectivity index is 1.54. The van der Waals surface area contributed by atoms with Gasteiger partial charge in [-0.1, -0.05) is 29.8 Å². The molecule has 1 heterocycles. The Labute approximate surface area is 234 Å². The molecule has 39 heavy (non-hydrogen) atoms. The van der Waals surface area contributed by atoms with Gasteiger partial charge in [0.15, 0.2) is 17.3 Å². The number of aromatic nitrogens is 3. The smallest absolute Gasteiger partial charge is 0.342 e. The van der Waals surface area contributed by atoms with Crippen LogP contribution >= 0.6 is 23.4 Å². The number of methoxy groups -OCH3 is 2. The fourth-order valence-electron chi connectivity index (χ4n) is 3.49.